The molecule has 8 heteroatoms. The number of benzene rings is 2. The number of fused-ring (bicyclic) bond motifs is 1. The van der Waals surface area contributed by atoms with E-state index in [1.54, 1.807) is 10.7 Å². The molecule has 4 aromatic rings. The number of nitrogens with zero attached hydrogens (tertiary/aromatic N) is 4. The molecule has 8 nitrogen and oxygen atoms in total. The van der Waals surface area contributed by atoms with Crippen molar-refractivity contribution in [3.63, 3.8) is 0 Å². The maximum Gasteiger partial charge on any atom is 0.238 e. The summed E-state index contributed by atoms with van der Waals surface area (Å²) in [6, 6.07) is 20.8. The largest absolute Gasteiger partial charge is 0.457 e. The second kappa shape index (κ2) is 8.90. The van der Waals surface area contributed by atoms with E-state index >= 15 is 0 Å². The van der Waals surface area contributed by atoms with Crippen LogP contribution in [0.25, 0.3) is 5.52 Å². The highest BCUT2D eigenvalue weighted by Crippen LogP contribution is 2.33. The van der Waals surface area contributed by atoms with Gasteiger partial charge in [-0.05, 0) is 43.3 Å². The summed E-state index contributed by atoms with van der Waals surface area (Å²) in [6.07, 6.45) is 2.87. The van der Waals surface area contributed by atoms with Gasteiger partial charge in [0.15, 0.2) is 0 Å². The van der Waals surface area contributed by atoms with Crippen LogP contribution in [-0.4, -0.2) is 15.5 Å². The van der Waals surface area contributed by atoms with Gasteiger partial charge in [0.25, 0.3) is 0 Å². The molecule has 0 bridgehead atoms. The normalized spacial score (nSPS) is 10.2. The van der Waals surface area contributed by atoms with E-state index in [0.717, 1.165) is 17.0 Å². The summed E-state index contributed by atoms with van der Waals surface area (Å²) >= 11 is 0. The number of rotatable bonds is 6. The highest BCUT2D eigenvalue weighted by atomic mass is 16.5. The zero-order valence-corrected chi connectivity index (χ0v) is 17.2. The summed E-state index contributed by atoms with van der Waals surface area (Å²) in [5.74, 6) is 1.02. The molecule has 2 heterocycles. The van der Waals surface area contributed by atoms with Crippen molar-refractivity contribution < 1.29 is 9.53 Å². The number of ether oxygens (including phenoxy) is 1. The van der Waals surface area contributed by atoms with E-state index in [1.165, 1.54) is 6.20 Å². The molecule has 0 aliphatic carbocycles. The standard InChI is InChI=1S/C24H18N6O2/c1-16-21(29-22(31)11-12-25)15-30-24(16)23(17(13-26)14-27-30)28-18-7-9-20(10-8-18)32-19-5-3-2-4-6-19/h2-10,14-15,28H,11H2,1H3,(H,29,31). The van der Waals surface area contributed by atoms with Crippen LogP contribution >= 0.6 is 0 Å². The summed E-state index contributed by atoms with van der Waals surface area (Å²) < 4.78 is 7.41. The molecule has 0 saturated heterocycles. The number of aryl methyl sites for hydroxylation is 1. The number of carbonyl (C=O) groups excluding carboxylic acids is 1. The molecular formula is C24H18N6O2. The zero-order valence-electron chi connectivity index (χ0n) is 17.2. The lowest BCUT2D eigenvalue weighted by molar-refractivity contribution is -0.115. The summed E-state index contributed by atoms with van der Waals surface area (Å²) in [5, 5.41) is 28.6. The average molecular weight is 422 g/mol. The van der Waals surface area contributed by atoms with Crippen LogP contribution in [-0.2, 0) is 4.79 Å². The topological polar surface area (TPSA) is 115 Å². The fourth-order valence-corrected chi connectivity index (χ4v) is 3.27. The predicted octanol–water partition coefficient (Wildman–Crippen LogP) is 4.90. The minimum atomic E-state index is -0.407. The lowest BCUT2D eigenvalue weighted by atomic mass is 10.1. The van der Waals surface area contributed by atoms with Gasteiger partial charge in [0, 0.05) is 11.3 Å². The Hall–Kier alpha value is -4.82. The molecule has 0 aliphatic rings. The first-order chi connectivity index (χ1) is 15.6. The van der Waals surface area contributed by atoms with Gasteiger partial charge in [0.2, 0.25) is 5.91 Å². The minimum Gasteiger partial charge on any atom is -0.457 e. The van der Waals surface area contributed by atoms with Gasteiger partial charge in [-0.2, -0.15) is 15.6 Å². The molecule has 0 fully saturated rings. The third-order valence-electron chi connectivity index (χ3n) is 4.79. The van der Waals surface area contributed by atoms with E-state index in [9.17, 15) is 10.1 Å². The molecule has 0 atom stereocenters. The molecule has 4 rings (SSSR count). The molecule has 0 saturated carbocycles. The quantitative estimate of drug-likeness (QED) is 0.456. The van der Waals surface area contributed by atoms with Crippen LogP contribution in [0.1, 0.15) is 17.5 Å². The Bertz CT molecular complexity index is 1360. The second-order valence-electron chi connectivity index (χ2n) is 6.95. The fourth-order valence-electron chi connectivity index (χ4n) is 3.27. The molecular weight excluding hydrogens is 404 g/mol. The van der Waals surface area contributed by atoms with Crippen molar-refractivity contribution in [2.75, 3.05) is 10.6 Å². The van der Waals surface area contributed by atoms with E-state index in [0.29, 0.717) is 28.2 Å². The number of hydrogen-bond donors (Lipinski definition) is 2. The highest BCUT2D eigenvalue weighted by Gasteiger charge is 2.17. The van der Waals surface area contributed by atoms with E-state index in [4.69, 9.17) is 10.00 Å². The number of amides is 1. The summed E-state index contributed by atoms with van der Waals surface area (Å²) in [7, 11) is 0. The van der Waals surface area contributed by atoms with E-state index < -0.39 is 5.91 Å². The van der Waals surface area contributed by atoms with Crippen molar-refractivity contribution in [1.29, 1.82) is 10.5 Å². The van der Waals surface area contributed by atoms with Crippen LogP contribution in [0.2, 0.25) is 0 Å². The predicted molar refractivity (Wildman–Crippen MR) is 120 cm³/mol. The molecule has 0 radical (unpaired) electrons. The van der Waals surface area contributed by atoms with Crippen LogP contribution < -0.4 is 15.4 Å². The highest BCUT2D eigenvalue weighted by molar-refractivity contribution is 5.96. The van der Waals surface area contributed by atoms with Gasteiger partial charge >= 0.3 is 0 Å². The average Bonchev–Trinajstić information content (AvgIpc) is 3.11. The Morgan fingerprint density at radius 1 is 1.09 bits per heavy atom. The SMILES string of the molecule is Cc1c(NC(=O)CC#N)cn2ncc(C#N)c(Nc3ccc(Oc4ccccc4)cc3)c12. The summed E-state index contributed by atoms with van der Waals surface area (Å²) in [4.78, 5) is 11.9. The molecule has 156 valence electrons. The lowest BCUT2D eigenvalue weighted by Gasteiger charge is -2.12. The number of para-hydroxylation sites is 1. The smallest absolute Gasteiger partial charge is 0.238 e. The number of anilines is 3. The van der Waals surface area contributed by atoms with Crippen LogP contribution in [0.4, 0.5) is 17.1 Å². The molecule has 1 amide bonds. The van der Waals surface area contributed by atoms with E-state index in [-0.39, 0.29) is 6.42 Å². The molecule has 0 spiro atoms. The van der Waals surface area contributed by atoms with Crippen molar-refractivity contribution in [3.8, 4) is 23.6 Å². The van der Waals surface area contributed by atoms with Crippen LogP contribution in [0.3, 0.4) is 0 Å². The van der Waals surface area contributed by atoms with Gasteiger partial charge in [-0.1, -0.05) is 18.2 Å². The first kappa shape index (κ1) is 20.5. The maximum absolute atomic E-state index is 11.9. The van der Waals surface area contributed by atoms with Gasteiger partial charge in [-0.25, -0.2) is 4.52 Å². The van der Waals surface area contributed by atoms with Gasteiger partial charge < -0.3 is 15.4 Å². The van der Waals surface area contributed by atoms with Crippen LogP contribution in [0.5, 0.6) is 11.5 Å². The second-order valence-corrected chi connectivity index (χ2v) is 6.95. The van der Waals surface area contributed by atoms with Crippen LogP contribution in [0, 0.1) is 29.6 Å². The first-order valence-electron chi connectivity index (χ1n) is 9.77. The molecule has 2 aromatic heterocycles. The molecule has 2 aromatic carbocycles. The van der Waals surface area contributed by atoms with Gasteiger partial charge in [0.1, 0.15) is 24.0 Å². The Balaban J connectivity index is 1.64. The zero-order chi connectivity index (χ0) is 22.5. The van der Waals surface area contributed by atoms with Gasteiger partial charge in [-0.3, -0.25) is 4.79 Å². The number of nitriles is 2. The number of aromatic nitrogens is 2. The Morgan fingerprint density at radius 2 is 1.81 bits per heavy atom. The Labute approximate surface area is 184 Å². The van der Waals surface area contributed by atoms with Crippen molar-refractivity contribution in [1.82, 2.24) is 9.61 Å². The maximum atomic E-state index is 11.9. The lowest BCUT2D eigenvalue weighted by Crippen LogP contribution is -2.10. The third kappa shape index (κ3) is 4.20. The fraction of sp³-hybridized carbons (Fsp3) is 0.0833. The van der Waals surface area contributed by atoms with Crippen LogP contribution in [0.15, 0.2) is 67.0 Å². The van der Waals surface area contributed by atoms with Crippen molar-refractivity contribution in [2.24, 2.45) is 0 Å². The van der Waals surface area contributed by atoms with Gasteiger partial charge in [-0.15, -0.1) is 0 Å². The van der Waals surface area contributed by atoms with Gasteiger partial charge in [0.05, 0.1) is 40.9 Å². The number of carbonyl (C=O) groups is 1. The first-order valence-corrected chi connectivity index (χ1v) is 9.77. The summed E-state index contributed by atoms with van der Waals surface area (Å²) in [5.41, 5.74) is 3.59. The number of hydrogen-bond acceptors (Lipinski definition) is 6. The summed E-state index contributed by atoms with van der Waals surface area (Å²) in [6.45, 7) is 1.82. The molecule has 2 N–H and O–H groups in total. The third-order valence-corrected chi connectivity index (χ3v) is 4.79. The van der Waals surface area contributed by atoms with E-state index in [2.05, 4.69) is 21.8 Å². The van der Waals surface area contributed by atoms with Crippen molar-refractivity contribution in [2.45, 2.75) is 13.3 Å². The number of nitrogens with one attached hydrogen (secondary N) is 2. The monoisotopic (exact) mass is 422 g/mol. The van der Waals surface area contributed by atoms with Crippen molar-refractivity contribution >= 4 is 28.5 Å². The molecule has 32 heavy (non-hydrogen) atoms. The molecule has 0 unspecified atom stereocenters. The Morgan fingerprint density at radius 3 is 2.50 bits per heavy atom. The Kier molecular flexibility index (Phi) is 5.69. The van der Waals surface area contributed by atoms with E-state index in [1.807, 2.05) is 67.6 Å². The molecule has 0 aliphatic heterocycles. The van der Waals surface area contributed by atoms with Crippen molar-refractivity contribution in [3.05, 3.63) is 78.1 Å². The minimum absolute atomic E-state index is 0.245.